The van der Waals surface area contributed by atoms with Crippen LogP contribution in [0.1, 0.15) is 23.0 Å². The number of hydrogen-bond donors (Lipinski definition) is 0. The maximum atomic E-state index is 13.3. The molecule has 1 aliphatic rings. The molecule has 3 heterocycles. The number of amides is 2. The van der Waals surface area contributed by atoms with Gasteiger partial charge in [0.2, 0.25) is 0 Å². The Kier molecular flexibility index (Phi) is 6.41. The van der Waals surface area contributed by atoms with Gasteiger partial charge in [-0.1, -0.05) is 6.07 Å². The van der Waals surface area contributed by atoms with E-state index >= 15 is 0 Å². The summed E-state index contributed by atoms with van der Waals surface area (Å²) in [7, 11) is 0. The molecule has 0 radical (unpaired) electrons. The number of hydrogen-bond acceptors (Lipinski definition) is 5. The van der Waals surface area contributed by atoms with E-state index in [4.69, 9.17) is 4.74 Å². The standard InChI is InChI=1S/C22H21F3N4O3S/c1-2-32-21(31)28-11-9-27(10-12-28)20(30)15-5-7-16(8-6-15)29-17(18-4-3-13-33-18)14-19(26-29)22(23,24)25/h3-8,13-14H,2,9-12H2,1H3. The van der Waals surface area contributed by atoms with Crippen LogP contribution in [0.4, 0.5) is 18.0 Å². The van der Waals surface area contributed by atoms with Gasteiger partial charge < -0.3 is 14.5 Å². The van der Waals surface area contributed by atoms with Gasteiger partial charge in [-0.2, -0.15) is 18.3 Å². The quantitative estimate of drug-likeness (QED) is 0.553. The van der Waals surface area contributed by atoms with Crippen LogP contribution in [0.5, 0.6) is 0 Å². The molecule has 0 saturated carbocycles. The van der Waals surface area contributed by atoms with Gasteiger partial charge in [-0.05, 0) is 48.7 Å². The molecule has 2 aromatic heterocycles. The lowest BCUT2D eigenvalue weighted by molar-refractivity contribution is -0.141. The molecule has 3 aromatic rings. The zero-order valence-electron chi connectivity index (χ0n) is 17.7. The molecule has 1 fully saturated rings. The molecule has 1 aliphatic heterocycles. The second kappa shape index (κ2) is 9.26. The van der Waals surface area contributed by atoms with Crippen molar-refractivity contribution in [2.75, 3.05) is 32.8 Å². The summed E-state index contributed by atoms with van der Waals surface area (Å²) in [6.45, 7) is 3.52. The SMILES string of the molecule is CCOC(=O)N1CCN(C(=O)c2ccc(-n3nc(C(F)(F)F)cc3-c3cccs3)cc2)CC1. The second-order valence-corrected chi connectivity index (χ2v) is 8.27. The number of rotatable bonds is 4. The largest absolute Gasteiger partial charge is 0.450 e. The second-order valence-electron chi connectivity index (χ2n) is 7.33. The van der Waals surface area contributed by atoms with Crippen molar-refractivity contribution >= 4 is 23.3 Å². The van der Waals surface area contributed by atoms with E-state index in [1.54, 1.807) is 58.5 Å². The monoisotopic (exact) mass is 478 g/mol. The lowest BCUT2D eigenvalue weighted by Crippen LogP contribution is -2.50. The molecule has 1 aromatic carbocycles. The number of carbonyl (C=O) groups is 2. The number of benzene rings is 1. The van der Waals surface area contributed by atoms with Crippen LogP contribution in [0.25, 0.3) is 16.3 Å². The van der Waals surface area contributed by atoms with Crippen molar-refractivity contribution in [2.45, 2.75) is 13.1 Å². The number of aromatic nitrogens is 2. The Hall–Kier alpha value is -3.34. The maximum Gasteiger partial charge on any atom is 0.435 e. The summed E-state index contributed by atoms with van der Waals surface area (Å²) in [5.41, 5.74) is 0.166. The molecule has 1 saturated heterocycles. The highest BCUT2D eigenvalue weighted by molar-refractivity contribution is 7.13. The zero-order chi connectivity index (χ0) is 23.6. The first-order valence-electron chi connectivity index (χ1n) is 10.3. The Morgan fingerprint density at radius 1 is 1.06 bits per heavy atom. The fourth-order valence-corrected chi connectivity index (χ4v) is 4.28. The van der Waals surface area contributed by atoms with Crippen LogP contribution in [0.2, 0.25) is 0 Å². The van der Waals surface area contributed by atoms with Crippen molar-refractivity contribution in [1.82, 2.24) is 19.6 Å². The molecule has 11 heteroatoms. The van der Waals surface area contributed by atoms with E-state index in [0.29, 0.717) is 54.6 Å². The van der Waals surface area contributed by atoms with Crippen LogP contribution in [0.15, 0.2) is 47.8 Å². The number of ether oxygens (including phenoxy) is 1. The number of thiophene rings is 1. The molecule has 0 atom stereocenters. The Balaban J connectivity index is 1.52. The molecule has 174 valence electrons. The molecule has 2 amide bonds. The van der Waals surface area contributed by atoms with Gasteiger partial charge in [0.25, 0.3) is 5.91 Å². The van der Waals surface area contributed by atoms with Gasteiger partial charge in [0.1, 0.15) is 0 Å². The minimum Gasteiger partial charge on any atom is -0.450 e. The summed E-state index contributed by atoms with van der Waals surface area (Å²) in [5, 5.41) is 5.55. The van der Waals surface area contributed by atoms with E-state index in [0.717, 1.165) is 6.07 Å². The molecule has 0 unspecified atom stereocenters. The highest BCUT2D eigenvalue weighted by Crippen LogP contribution is 2.34. The fraction of sp³-hybridized carbons (Fsp3) is 0.318. The van der Waals surface area contributed by atoms with Crippen LogP contribution >= 0.6 is 11.3 Å². The van der Waals surface area contributed by atoms with Crippen molar-refractivity contribution in [3.05, 3.63) is 59.1 Å². The molecule has 4 rings (SSSR count). The molecule has 33 heavy (non-hydrogen) atoms. The highest BCUT2D eigenvalue weighted by Gasteiger charge is 2.35. The third-order valence-corrected chi connectivity index (χ3v) is 6.12. The number of halogens is 3. The summed E-state index contributed by atoms with van der Waals surface area (Å²) < 4.78 is 46.1. The molecule has 0 spiro atoms. The van der Waals surface area contributed by atoms with E-state index in [1.807, 2.05) is 0 Å². The number of piperazine rings is 1. The van der Waals surface area contributed by atoms with Crippen molar-refractivity contribution < 1.29 is 27.5 Å². The topological polar surface area (TPSA) is 67.7 Å². The molecule has 0 N–H and O–H groups in total. The van der Waals surface area contributed by atoms with E-state index in [2.05, 4.69) is 5.10 Å². The molecular weight excluding hydrogens is 457 g/mol. The van der Waals surface area contributed by atoms with Gasteiger partial charge in [0, 0.05) is 31.7 Å². The number of carbonyl (C=O) groups excluding carboxylic acids is 2. The van der Waals surface area contributed by atoms with Crippen LogP contribution < -0.4 is 0 Å². The van der Waals surface area contributed by atoms with Gasteiger partial charge in [0.15, 0.2) is 5.69 Å². The van der Waals surface area contributed by atoms with Gasteiger partial charge in [-0.3, -0.25) is 4.79 Å². The minimum atomic E-state index is -4.57. The highest BCUT2D eigenvalue weighted by atomic mass is 32.1. The third-order valence-electron chi connectivity index (χ3n) is 5.23. The molecular formula is C22H21F3N4O3S. The van der Waals surface area contributed by atoms with Crippen molar-refractivity contribution in [2.24, 2.45) is 0 Å². The first kappa shape index (κ1) is 22.8. The first-order valence-corrected chi connectivity index (χ1v) is 11.2. The Labute approximate surface area is 192 Å². The van der Waals surface area contributed by atoms with Gasteiger partial charge >= 0.3 is 12.3 Å². The van der Waals surface area contributed by atoms with Crippen molar-refractivity contribution in [1.29, 1.82) is 0 Å². The van der Waals surface area contributed by atoms with Crippen LogP contribution in [0.3, 0.4) is 0 Å². The van der Waals surface area contributed by atoms with E-state index in [9.17, 15) is 22.8 Å². The van der Waals surface area contributed by atoms with Crippen LogP contribution in [-0.2, 0) is 10.9 Å². The summed E-state index contributed by atoms with van der Waals surface area (Å²) in [4.78, 5) is 28.5. The van der Waals surface area contributed by atoms with Gasteiger partial charge in [0.05, 0.1) is 22.9 Å². The normalized spacial score (nSPS) is 14.4. The van der Waals surface area contributed by atoms with Crippen LogP contribution in [-0.4, -0.2) is 64.4 Å². The first-order chi connectivity index (χ1) is 15.8. The average molecular weight is 478 g/mol. The van der Waals surface area contributed by atoms with Crippen molar-refractivity contribution in [3.8, 4) is 16.3 Å². The fourth-order valence-electron chi connectivity index (χ4n) is 3.55. The summed E-state index contributed by atoms with van der Waals surface area (Å²) in [6.07, 6.45) is -4.97. The van der Waals surface area contributed by atoms with E-state index < -0.39 is 18.0 Å². The summed E-state index contributed by atoms with van der Waals surface area (Å²) in [6, 6.07) is 10.8. The summed E-state index contributed by atoms with van der Waals surface area (Å²) >= 11 is 1.31. The van der Waals surface area contributed by atoms with Gasteiger partial charge in [-0.25, -0.2) is 9.48 Å². The Morgan fingerprint density at radius 3 is 2.30 bits per heavy atom. The molecule has 0 aliphatic carbocycles. The molecule has 0 bridgehead atoms. The number of nitrogens with zero attached hydrogens (tertiary/aromatic N) is 4. The lowest BCUT2D eigenvalue weighted by Gasteiger charge is -2.34. The summed E-state index contributed by atoms with van der Waals surface area (Å²) in [5.74, 6) is -0.208. The van der Waals surface area contributed by atoms with Gasteiger partial charge in [-0.15, -0.1) is 11.3 Å². The number of alkyl halides is 3. The Morgan fingerprint density at radius 2 is 1.73 bits per heavy atom. The Bertz CT molecular complexity index is 1120. The van der Waals surface area contributed by atoms with E-state index in [-0.39, 0.29) is 5.91 Å². The average Bonchev–Trinajstić information content (AvgIpc) is 3.49. The lowest BCUT2D eigenvalue weighted by atomic mass is 10.1. The predicted molar refractivity (Wildman–Crippen MR) is 116 cm³/mol. The zero-order valence-corrected chi connectivity index (χ0v) is 18.5. The maximum absolute atomic E-state index is 13.3. The molecule has 7 nitrogen and oxygen atoms in total. The predicted octanol–water partition coefficient (Wildman–Crippen LogP) is 4.53. The minimum absolute atomic E-state index is 0.208. The third kappa shape index (κ3) is 4.87. The van der Waals surface area contributed by atoms with Crippen LogP contribution in [0, 0.1) is 0 Å². The van der Waals surface area contributed by atoms with E-state index in [1.165, 1.54) is 16.0 Å². The van der Waals surface area contributed by atoms with Crippen molar-refractivity contribution in [3.63, 3.8) is 0 Å². The smallest absolute Gasteiger partial charge is 0.435 e.